The summed E-state index contributed by atoms with van der Waals surface area (Å²) >= 11 is 0. The normalized spacial score (nSPS) is 14.8. The molecule has 2 fully saturated rings. The molecule has 0 unspecified atom stereocenters. The van der Waals surface area contributed by atoms with E-state index in [0.29, 0.717) is 0 Å². The number of hydrogen-bond donors (Lipinski definition) is 0. The molecule has 0 atom stereocenters. The van der Waals surface area contributed by atoms with Crippen molar-refractivity contribution in [3.05, 3.63) is 87.5 Å². The summed E-state index contributed by atoms with van der Waals surface area (Å²) < 4.78 is 0. The van der Waals surface area contributed by atoms with E-state index in [4.69, 9.17) is 0 Å². The first-order valence-electron chi connectivity index (χ1n) is 6.83. The molecular weight excluding hydrogens is 331 g/mol. The average Bonchev–Trinajstić information content (AvgIpc) is 3.16. The molecule has 0 heterocycles. The third-order valence-electron chi connectivity index (χ3n) is 2.11. The van der Waals surface area contributed by atoms with E-state index in [1.807, 2.05) is 106 Å². The zero-order valence-corrected chi connectivity index (χ0v) is 16.7. The second-order valence-corrected chi connectivity index (χ2v) is 4.42. The molecule has 2 aliphatic carbocycles. The van der Waals surface area contributed by atoms with E-state index in [-0.39, 0.29) is 26.2 Å². The van der Waals surface area contributed by atoms with Gasteiger partial charge in [-0.2, -0.15) is 13.8 Å². The molecule has 1 heteroatoms. The van der Waals surface area contributed by atoms with Gasteiger partial charge in [0, 0.05) is 0 Å². The summed E-state index contributed by atoms with van der Waals surface area (Å²) in [6.07, 6.45) is 25.9. The van der Waals surface area contributed by atoms with Crippen molar-refractivity contribution >= 4 is 0 Å². The molecule has 0 aromatic carbocycles. The predicted molar refractivity (Wildman–Crippen MR) is 90.6 cm³/mol. The largest absolute Gasteiger partial charge is 2.00 e. The fourth-order valence-electron chi connectivity index (χ4n) is 0.642. The number of rotatable bonds is 0. The van der Waals surface area contributed by atoms with Crippen LogP contribution in [0.1, 0.15) is 41.5 Å². The summed E-state index contributed by atoms with van der Waals surface area (Å²) in [5.41, 5.74) is 2.51. The molecule has 2 aliphatic rings. The van der Waals surface area contributed by atoms with E-state index in [0.717, 1.165) is 0 Å². The van der Waals surface area contributed by atoms with Crippen molar-refractivity contribution in [2.45, 2.75) is 41.5 Å². The van der Waals surface area contributed by atoms with Gasteiger partial charge in [0.2, 0.25) is 0 Å². The van der Waals surface area contributed by atoms with Gasteiger partial charge in [-0.05, 0) is 64.2 Å². The van der Waals surface area contributed by atoms with Crippen LogP contribution < -0.4 is 0 Å². The minimum Gasteiger partial charge on any atom is -0.501 e. The minimum absolute atomic E-state index is 0. The van der Waals surface area contributed by atoms with Crippen molar-refractivity contribution in [1.82, 2.24) is 0 Å². The van der Waals surface area contributed by atoms with Crippen LogP contribution in [0.4, 0.5) is 0 Å². The fourth-order valence-corrected chi connectivity index (χ4v) is 0.642. The van der Waals surface area contributed by atoms with Gasteiger partial charge in [0.25, 0.3) is 0 Å². The molecule has 0 saturated heterocycles. The van der Waals surface area contributed by atoms with Crippen molar-refractivity contribution in [2.75, 3.05) is 0 Å². The van der Waals surface area contributed by atoms with E-state index in [9.17, 15) is 0 Å². The van der Waals surface area contributed by atoms with Crippen molar-refractivity contribution in [2.24, 2.45) is 0 Å². The third-order valence-corrected chi connectivity index (χ3v) is 2.11. The first-order chi connectivity index (χ1) is 9.54. The molecule has 0 aromatic heterocycles. The van der Waals surface area contributed by atoms with Crippen LogP contribution in [0.15, 0.2) is 11.1 Å². The summed E-state index contributed by atoms with van der Waals surface area (Å²) in [7, 11) is 0. The molecule has 21 heavy (non-hydrogen) atoms. The van der Waals surface area contributed by atoms with Crippen LogP contribution in [-0.2, 0) is 26.2 Å². The maximum atomic E-state index is 2.94. The van der Waals surface area contributed by atoms with Crippen molar-refractivity contribution < 1.29 is 26.2 Å². The molecule has 2 rings (SSSR count). The molecule has 0 bridgehead atoms. The van der Waals surface area contributed by atoms with Crippen LogP contribution in [-0.4, -0.2) is 0 Å². The Morgan fingerprint density at radius 1 is 0.476 bits per heavy atom. The van der Waals surface area contributed by atoms with E-state index in [1.165, 1.54) is 11.1 Å². The van der Waals surface area contributed by atoms with E-state index < -0.39 is 0 Å². The molecule has 112 valence electrons. The quantitative estimate of drug-likeness (QED) is 0.494. The Hall–Kier alpha value is 0.363. The maximum Gasteiger partial charge on any atom is 2.00 e. The summed E-state index contributed by atoms with van der Waals surface area (Å²) in [6, 6.07) is 0. The molecule has 0 aliphatic heterocycles. The van der Waals surface area contributed by atoms with Gasteiger partial charge < -0.3 is 12.2 Å². The van der Waals surface area contributed by atoms with Gasteiger partial charge in [-0.1, -0.05) is 27.7 Å². The van der Waals surface area contributed by atoms with Gasteiger partial charge in [-0.25, -0.2) is 0 Å². The van der Waals surface area contributed by atoms with Crippen LogP contribution >= 0.6 is 0 Å². The third kappa shape index (κ3) is 33.3. The van der Waals surface area contributed by atoms with Gasteiger partial charge in [0.05, 0.1) is 0 Å². The van der Waals surface area contributed by atoms with Crippen LogP contribution in [0.5, 0.6) is 0 Å². The van der Waals surface area contributed by atoms with Crippen LogP contribution in [0.2, 0.25) is 0 Å². The van der Waals surface area contributed by atoms with E-state index in [1.54, 1.807) is 0 Å². The van der Waals surface area contributed by atoms with Crippen molar-refractivity contribution in [3.63, 3.8) is 0 Å². The number of allylic oxidation sites excluding steroid dienone is 4. The molecule has 0 aromatic rings. The Bertz CT molecular complexity index is 181. The topological polar surface area (TPSA) is 0 Å². The SMILES string of the molecule is C[C-]=C(C)C.C[C-]=C(C)C.[CH]1[CH][CH][CH][CH]1.[CH]1[CH][CH][CH][CH]1.[Zr+2]. The maximum absolute atomic E-state index is 2.94. The van der Waals surface area contributed by atoms with E-state index >= 15 is 0 Å². The number of hydrogen-bond acceptors (Lipinski definition) is 0. The molecule has 10 radical (unpaired) electrons. The first kappa shape index (κ1) is 26.3. The van der Waals surface area contributed by atoms with Crippen molar-refractivity contribution in [3.8, 4) is 0 Å². The summed E-state index contributed by atoms with van der Waals surface area (Å²) in [6.45, 7) is 11.9. The molecule has 0 N–H and O–H groups in total. The first-order valence-corrected chi connectivity index (χ1v) is 6.83. The Kier molecular flexibility index (Phi) is 28.3. The summed E-state index contributed by atoms with van der Waals surface area (Å²) in [4.78, 5) is 0. The summed E-state index contributed by atoms with van der Waals surface area (Å²) in [5.74, 6) is 0. The van der Waals surface area contributed by atoms with E-state index in [2.05, 4.69) is 12.2 Å². The molecule has 2 saturated carbocycles. The Morgan fingerprint density at radius 2 is 0.571 bits per heavy atom. The van der Waals surface area contributed by atoms with Crippen LogP contribution in [0.25, 0.3) is 0 Å². The Balaban J connectivity index is -0.000000202. The summed E-state index contributed by atoms with van der Waals surface area (Å²) in [5, 5.41) is 0. The van der Waals surface area contributed by atoms with Crippen LogP contribution in [0.3, 0.4) is 0 Å². The van der Waals surface area contributed by atoms with Gasteiger partial charge >= 0.3 is 26.2 Å². The zero-order valence-electron chi connectivity index (χ0n) is 14.3. The van der Waals surface area contributed by atoms with Gasteiger partial charge in [0.1, 0.15) is 0 Å². The minimum atomic E-state index is 0. The second kappa shape index (κ2) is 22.6. The Labute approximate surface area is 155 Å². The molecule has 0 amide bonds. The second-order valence-electron chi connectivity index (χ2n) is 4.42. The molecular formula is C20H28Zr. The van der Waals surface area contributed by atoms with Gasteiger partial charge in [-0.15, -0.1) is 0 Å². The monoisotopic (exact) mass is 358 g/mol. The zero-order chi connectivity index (χ0) is 15.6. The Morgan fingerprint density at radius 3 is 0.619 bits per heavy atom. The van der Waals surface area contributed by atoms with Gasteiger partial charge in [-0.3, -0.25) is 11.1 Å². The fraction of sp³-hybridized carbons (Fsp3) is 0.300. The predicted octanol–water partition coefficient (Wildman–Crippen LogP) is 5.59. The molecule has 0 nitrogen and oxygen atoms in total. The standard InChI is InChI=1S/2C5H5.2C5H9.Zr/c2*1-2-4-5-3-1;2*1-4-5(2)3;/h2*1-5H;2*1-3H3;/q;;2*-1;+2. The van der Waals surface area contributed by atoms with Crippen molar-refractivity contribution in [1.29, 1.82) is 0 Å². The van der Waals surface area contributed by atoms with Gasteiger partial charge in [0.15, 0.2) is 0 Å². The van der Waals surface area contributed by atoms with Crippen LogP contribution in [0, 0.1) is 76.4 Å². The molecule has 0 spiro atoms. The average molecular weight is 360 g/mol. The smallest absolute Gasteiger partial charge is 0.501 e.